The smallest absolute Gasteiger partial charge is 0.137 e. The molecule has 5 heteroatoms. The van der Waals surface area contributed by atoms with Gasteiger partial charge in [0.25, 0.3) is 0 Å². The summed E-state index contributed by atoms with van der Waals surface area (Å²) < 4.78 is 0. The maximum absolute atomic E-state index is 5.91. The lowest BCUT2D eigenvalue weighted by Gasteiger charge is -2.27. The van der Waals surface area contributed by atoms with Crippen LogP contribution in [0.1, 0.15) is 24.1 Å². The number of hydrogen-bond donors (Lipinski definition) is 1. The standard InChI is InChI=1S/C14H17ClN4/c1-9-13(16)17-8-18-14(9)19(3)10(2)11-4-6-12(15)7-5-11/h4-8,10H,1-3H3,(H2,16,17,18). The summed E-state index contributed by atoms with van der Waals surface area (Å²) in [4.78, 5) is 10.4. The van der Waals surface area contributed by atoms with E-state index in [4.69, 9.17) is 17.3 Å². The monoisotopic (exact) mass is 276 g/mol. The fourth-order valence-corrected chi connectivity index (χ4v) is 2.08. The quantitative estimate of drug-likeness (QED) is 0.935. The summed E-state index contributed by atoms with van der Waals surface area (Å²) in [5.41, 5.74) is 7.89. The number of nitrogen functional groups attached to an aromatic ring is 1. The predicted molar refractivity (Wildman–Crippen MR) is 79.5 cm³/mol. The lowest BCUT2D eigenvalue weighted by Crippen LogP contribution is -2.24. The summed E-state index contributed by atoms with van der Waals surface area (Å²) in [6, 6.07) is 7.99. The maximum atomic E-state index is 5.91. The highest BCUT2D eigenvalue weighted by molar-refractivity contribution is 6.30. The van der Waals surface area contributed by atoms with Gasteiger partial charge in [-0.1, -0.05) is 23.7 Å². The summed E-state index contributed by atoms with van der Waals surface area (Å²) in [7, 11) is 1.99. The van der Waals surface area contributed by atoms with Gasteiger partial charge in [0.15, 0.2) is 0 Å². The van der Waals surface area contributed by atoms with Crippen molar-refractivity contribution in [2.75, 3.05) is 17.7 Å². The van der Waals surface area contributed by atoms with Gasteiger partial charge in [0.2, 0.25) is 0 Å². The van der Waals surface area contributed by atoms with E-state index in [1.807, 2.05) is 38.2 Å². The number of halogens is 1. The fourth-order valence-electron chi connectivity index (χ4n) is 1.96. The second kappa shape index (κ2) is 5.45. The minimum absolute atomic E-state index is 0.172. The molecule has 1 atom stereocenters. The second-order valence-electron chi connectivity index (χ2n) is 4.55. The van der Waals surface area contributed by atoms with Crippen molar-refractivity contribution in [1.29, 1.82) is 0 Å². The highest BCUT2D eigenvalue weighted by atomic mass is 35.5. The Balaban J connectivity index is 2.30. The molecule has 0 aliphatic heterocycles. The summed E-state index contributed by atoms with van der Waals surface area (Å²) in [5, 5.41) is 0.737. The molecule has 2 aromatic rings. The van der Waals surface area contributed by atoms with Crippen LogP contribution in [-0.2, 0) is 0 Å². The van der Waals surface area contributed by atoms with E-state index in [1.54, 1.807) is 0 Å². The van der Waals surface area contributed by atoms with Crippen molar-refractivity contribution in [3.05, 3.63) is 46.7 Å². The zero-order chi connectivity index (χ0) is 14.0. The molecular weight excluding hydrogens is 260 g/mol. The van der Waals surface area contributed by atoms with E-state index in [-0.39, 0.29) is 6.04 Å². The summed E-state index contributed by atoms with van der Waals surface area (Å²) in [6.07, 6.45) is 1.49. The van der Waals surface area contributed by atoms with Gasteiger partial charge >= 0.3 is 0 Å². The van der Waals surface area contributed by atoms with Crippen LogP contribution in [0, 0.1) is 6.92 Å². The minimum atomic E-state index is 0.172. The van der Waals surface area contributed by atoms with E-state index in [0.717, 1.165) is 16.4 Å². The average Bonchev–Trinajstić information content (AvgIpc) is 2.41. The van der Waals surface area contributed by atoms with Gasteiger partial charge in [0, 0.05) is 17.6 Å². The van der Waals surface area contributed by atoms with Gasteiger partial charge in [-0.2, -0.15) is 0 Å². The average molecular weight is 277 g/mol. The van der Waals surface area contributed by atoms with Crippen LogP contribution in [-0.4, -0.2) is 17.0 Å². The molecule has 4 nitrogen and oxygen atoms in total. The third-order valence-corrected chi connectivity index (χ3v) is 3.62. The number of nitrogens with two attached hydrogens (primary N) is 1. The van der Waals surface area contributed by atoms with Crippen LogP contribution in [0.25, 0.3) is 0 Å². The van der Waals surface area contributed by atoms with Gasteiger partial charge in [0.1, 0.15) is 18.0 Å². The van der Waals surface area contributed by atoms with E-state index in [2.05, 4.69) is 21.8 Å². The van der Waals surface area contributed by atoms with Crippen molar-refractivity contribution < 1.29 is 0 Å². The van der Waals surface area contributed by atoms with Gasteiger partial charge in [-0.15, -0.1) is 0 Å². The molecule has 0 aliphatic carbocycles. The third-order valence-electron chi connectivity index (χ3n) is 3.36. The van der Waals surface area contributed by atoms with Gasteiger partial charge in [-0.05, 0) is 31.5 Å². The van der Waals surface area contributed by atoms with Gasteiger partial charge in [-0.25, -0.2) is 9.97 Å². The van der Waals surface area contributed by atoms with Crippen LogP contribution in [0.15, 0.2) is 30.6 Å². The highest BCUT2D eigenvalue weighted by Gasteiger charge is 2.16. The van der Waals surface area contributed by atoms with Crippen molar-refractivity contribution in [2.24, 2.45) is 0 Å². The largest absolute Gasteiger partial charge is 0.383 e. The Kier molecular flexibility index (Phi) is 3.90. The van der Waals surface area contributed by atoms with E-state index < -0.39 is 0 Å². The molecule has 0 saturated heterocycles. The van der Waals surface area contributed by atoms with E-state index in [1.165, 1.54) is 11.9 Å². The molecule has 0 fully saturated rings. The molecule has 1 aromatic carbocycles. The predicted octanol–water partition coefficient (Wildman–Crippen LogP) is 3.22. The first-order valence-corrected chi connectivity index (χ1v) is 6.44. The number of hydrogen-bond acceptors (Lipinski definition) is 4. The first-order chi connectivity index (χ1) is 9.00. The molecule has 0 radical (unpaired) electrons. The van der Waals surface area contributed by atoms with Crippen molar-refractivity contribution >= 4 is 23.2 Å². The molecule has 100 valence electrons. The molecule has 0 amide bonds. The molecule has 2 N–H and O–H groups in total. The lowest BCUT2D eigenvalue weighted by atomic mass is 10.1. The van der Waals surface area contributed by atoms with Crippen molar-refractivity contribution in [3.63, 3.8) is 0 Å². The number of benzene rings is 1. The topological polar surface area (TPSA) is 55.0 Å². The zero-order valence-corrected chi connectivity index (χ0v) is 12.0. The van der Waals surface area contributed by atoms with Crippen molar-refractivity contribution in [1.82, 2.24) is 9.97 Å². The number of aromatic nitrogens is 2. The molecule has 1 aromatic heterocycles. The maximum Gasteiger partial charge on any atom is 0.137 e. The summed E-state index contributed by atoms with van der Waals surface area (Å²) >= 11 is 5.91. The first-order valence-electron chi connectivity index (χ1n) is 6.06. The normalized spacial score (nSPS) is 12.2. The molecular formula is C14H17ClN4. The Hall–Kier alpha value is -1.81. The Morgan fingerprint density at radius 1 is 1.21 bits per heavy atom. The van der Waals surface area contributed by atoms with E-state index in [9.17, 15) is 0 Å². The minimum Gasteiger partial charge on any atom is -0.383 e. The van der Waals surface area contributed by atoms with Crippen LogP contribution in [0.4, 0.5) is 11.6 Å². The highest BCUT2D eigenvalue weighted by Crippen LogP contribution is 2.28. The Morgan fingerprint density at radius 2 is 1.84 bits per heavy atom. The number of rotatable bonds is 3. The van der Waals surface area contributed by atoms with Crippen LogP contribution < -0.4 is 10.6 Å². The third kappa shape index (κ3) is 2.79. The van der Waals surface area contributed by atoms with Crippen molar-refractivity contribution in [2.45, 2.75) is 19.9 Å². The van der Waals surface area contributed by atoms with E-state index in [0.29, 0.717) is 5.82 Å². The second-order valence-corrected chi connectivity index (χ2v) is 4.98. The number of nitrogens with zero attached hydrogens (tertiary/aromatic N) is 3. The van der Waals surface area contributed by atoms with Crippen LogP contribution >= 0.6 is 11.6 Å². The van der Waals surface area contributed by atoms with Crippen molar-refractivity contribution in [3.8, 4) is 0 Å². The van der Waals surface area contributed by atoms with Gasteiger partial charge in [-0.3, -0.25) is 0 Å². The van der Waals surface area contributed by atoms with Crippen LogP contribution in [0.5, 0.6) is 0 Å². The Morgan fingerprint density at radius 3 is 2.47 bits per heavy atom. The van der Waals surface area contributed by atoms with Crippen LogP contribution in [0.2, 0.25) is 5.02 Å². The lowest BCUT2D eigenvalue weighted by molar-refractivity contribution is 0.724. The molecule has 19 heavy (non-hydrogen) atoms. The fraction of sp³-hybridized carbons (Fsp3) is 0.286. The molecule has 0 bridgehead atoms. The molecule has 0 aliphatic rings. The Bertz CT molecular complexity index is 568. The van der Waals surface area contributed by atoms with Gasteiger partial charge < -0.3 is 10.6 Å². The molecule has 1 heterocycles. The molecule has 0 saturated carbocycles. The Labute approximate surface area is 118 Å². The molecule has 1 unspecified atom stereocenters. The van der Waals surface area contributed by atoms with Gasteiger partial charge in [0.05, 0.1) is 6.04 Å². The van der Waals surface area contributed by atoms with Crippen LogP contribution in [0.3, 0.4) is 0 Å². The molecule has 2 rings (SSSR count). The summed E-state index contributed by atoms with van der Waals surface area (Å²) in [5.74, 6) is 1.36. The molecule has 0 spiro atoms. The number of anilines is 2. The summed E-state index contributed by atoms with van der Waals surface area (Å²) in [6.45, 7) is 4.04. The zero-order valence-electron chi connectivity index (χ0n) is 11.3. The van der Waals surface area contributed by atoms with E-state index >= 15 is 0 Å². The first kappa shape index (κ1) is 13.6. The SMILES string of the molecule is Cc1c(N)ncnc1N(C)C(C)c1ccc(Cl)cc1.